The van der Waals surface area contributed by atoms with Gasteiger partial charge in [0, 0.05) is 25.7 Å². The number of hydrogen-bond donors (Lipinski definition) is 1. The Morgan fingerprint density at radius 2 is 2.13 bits per heavy atom. The Labute approximate surface area is 148 Å². The molecule has 5 nitrogen and oxygen atoms in total. The molecule has 1 fully saturated rings. The number of rotatable bonds is 2. The van der Waals surface area contributed by atoms with Gasteiger partial charge >= 0.3 is 0 Å². The number of carbonyl (C=O) groups is 1. The van der Waals surface area contributed by atoms with Crippen molar-refractivity contribution in [2.75, 3.05) is 19.6 Å². The summed E-state index contributed by atoms with van der Waals surface area (Å²) in [5.74, 6) is 0.771. The molecule has 2 aromatic rings. The van der Waals surface area contributed by atoms with Crippen LogP contribution in [0.3, 0.4) is 0 Å². The fraction of sp³-hybridized carbons (Fsp3) is 0.375. The van der Waals surface area contributed by atoms with Crippen molar-refractivity contribution in [1.29, 1.82) is 0 Å². The molecule has 1 N–H and O–H groups in total. The van der Waals surface area contributed by atoms with Crippen LogP contribution in [0.15, 0.2) is 34.9 Å². The fourth-order valence-corrected chi connectivity index (χ4v) is 2.65. The third-order valence-electron chi connectivity index (χ3n) is 3.85. The van der Waals surface area contributed by atoms with E-state index in [-0.39, 0.29) is 36.8 Å². The van der Waals surface area contributed by atoms with Gasteiger partial charge in [-0.3, -0.25) is 4.79 Å². The maximum atomic E-state index is 12.7. The van der Waals surface area contributed by atoms with Crippen LogP contribution in [-0.2, 0) is 0 Å². The predicted molar refractivity (Wildman–Crippen MR) is 94.5 cm³/mol. The molecule has 0 aliphatic carbocycles. The van der Waals surface area contributed by atoms with E-state index in [4.69, 9.17) is 4.42 Å². The van der Waals surface area contributed by atoms with Gasteiger partial charge in [0.05, 0.1) is 17.5 Å². The van der Waals surface area contributed by atoms with Crippen LogP contribution in [0.2, 0.25) is 0 Å². The van der Waals surface area contributed by atoms with E-state index in [2.05, 4.69) is 17.2 Å². The van der Waals surface area contributed by atoms with Crippen LogP contribution >= 0.6 is 24.8 Å². The molecular weight excluding hydrogens is 337 g/mol. The Bertz CT molecular complexity index is 647. The summed E-state index contributed by atoms with van der Waals surface area (Å²) >= 11 is 0. The van der Waals surface area contributed by atoms with Gasteiger partial charge in [-0.25, -0.2) is 4.98 Å². The number of hydrogen-bond acceptors (Lipinski definition) is 4. The third-order valence-corrected chi connectivity index (χ3v) is 3.85. The maximum absolute atomic E-state index is 12.7. The molecule has 1 amide bonds. The van der Waals surface area contributed by atoms with Crippen molar-refractivity contribution >= 4 is 30.7 Å². The average molecular weight is 358 g/mol. The minimum Gasteiger partial charge on any atom is -0.463 e. The topological polar surface area (TPSA) is 58.4 Å². The molecule has 1 aliphatic rings. The summed E-state index contributed by atoms with van der Waals surface area (Å²) in [6.07, 6.45) is 1.62. The minimum atomic E-state index is 0. The Hall–Kier alpha value is -1.56. The van der Waals surface area contributed by atoms with Crippen molar-refractivity contribution in [3.05, 3.63) is 41.8 Å². The van der Waals surface area contributed by atoms with Crippen molar-refractivity contribution in [3.63, 3.8) is 0 Å². The van der Waals surface area contributed by atoms with Crippen molar-refractivity contribution in [2.45, 2.75) is 19.9 Å². The predicted octanol–water partition coefficient (Wildman–Crippen LogP) is 2.93. The van der Waals surface area contributed by atoms with Crippen LogP contribution < -0.4 is 5.32 Å². The van der Waals surface area contributed by atoms with Gasteiger partial charge in [-0.15, -0.1) is 24.8 Å². The normalized spacial score (nSPS) is 17.1. The summed E-state index contributed by atoms with van der Waals surface area (Å²) in [6.45, 7) is 6.34. The van der Waals surface area contributed by atoms with Gasteiger partial charge in [-0.1, -0.05) is 0 Å². The first kappa shape index (κ1) is 19.5. The van der Waals surface area contributed by atoms with E-state index < -0.39 is 0 Å². The van der Waals surface area contributed by atoms with Gasteiger partial charge in [-0.2, -0.15) is 0 Å². The van der Waals surface area contributed by atoms with E-state index in [0.29, 0.717) is 11.3 Å². The van der Waals surface area contributed by atoms with Gasteiger partial charge in [-0.05, 0) is 38.1 Å². The second-order valence-corrected chi connectivity index (χ2v) is 5.36. The van der Waals surface area contributed by atoms with E-state index in [1.807, 2.05) is 36.1 Å². The van der Waals surface area contributed by atoms with Crippen molar-refractivity contribution in [2.24, 2.45) is 0 Å². The fourth-order valence-electron chi connectivity index (χ4n) is 2.65. The lowest BCUT2D eigenvalue weighted by Gasteiger charge is -2.34. The molecule has 0 aromatic carbocycles. The molecule has 126 valence electrons. The summed E-state index contributed by atoms with van der Waals surface area (Å²) in [5.41, 5.74) is 2.15. The molecule has 1 atom stereocenters. The van der Waals surface area contributed by atoms with Crippen LogP contribution in [0.5, 0.6) is 0 Å². The Morgan fingerprint density at radius 3 is 2.74 bits per heavy atom. The minimum absolute atomic E-state index is 0. The smallest absolute Gasteiger partial charge is 0.256 e. The van der Waals surface area contributed by atoms with Crippen molar-refractivity contribution < 1.29 is 9.21 Å². The van der Waals surface area contributed by atoms with Crippen LogP contribution in [0.4, 0.5) is 0 Å². The number of amides is 1. The number of halogens is 2. The number of carbonyl (C=O) groups excluding carboxylic acids is 1. The van der Waals surface area contributed by atoms with Gasteiger partial charge < -0.3 is 14.6 Å². The molecule has 0 radical (unpaired) electrons. The molecule has 0 unspecified atom stereocenters. The van der Waals surface area contributed by atoms with Gasteiger partial charge in [0.2, 0.25) is 0 Å². The first-order chi connectivity index (χ1) is 10.2. The second kappa shape index (κ2) is 8.34. The lowest BCUT2D eigenvalue weighted by atomic mass is 10.1. The Kier molecular flexibility index (Phi) is 7.06. The summed E-state index contributed by atoms with van der Waals surface area (Å²) in [6, 6.07) is 7.58. The third kappa shape index (κ3) is 4.05. The van der Waals surface area contributed by atoms with Crippen molar-refractivity contribution in [3.8, 4) is 11.5 Å². The number of aryl methyl sites for hydroxylation is 1. The quantitative estimate of drug-likeness (QED) is 0.897. The molecule has 7 heteroatoms. The molecule has 3 heterocycles. The van der Waals surface area contributed by atoms with E-state index in [0.717, 1.165) is 31.0 Å². The molecule has 3 rings (SSSR count). The number of piperazine rings is 1. The standard InChI is InChI=1S/C16H19N3O2.2ClH/c1-11-10-17-7-8-19(11)16(20)13-5-6-14(18-12(13)2)15-4-3-9-21-15;;/h3-6,9,11,17H,7-8,10H2,1-2H3;2*1H/t11-;;/m1../s1. The molecule has 0 bridgehead atoms. The molecule has 2 aromatic heterocycles. The van der Waals surface area contributed by atoms with E-state index in [1.54, 1.807) is 6.26 Å². The van der Waals surface area contributed by atoms with Crippen LogP contribution in [0, 0.1) is 6.92 Å². The van der Waals surface area contributed by atoms with E-state index in [9.17, 15) is 4.79 Å². The summed E-state index contributed by atoms with van der Waals surface area (Å²) in [4.78, 5) is 19.1. The highest BCUT2D eigenvalue weighted by molar-refractivity contribution is 5.95. The van der Waals surface area contributed by atoms with Crippen LogP contribution in [0.25, 0.3) is 11.5 Å². The molecule has 23 heavy (non-hydrogen) atoms. The average Bonchev–Trinajstić information content (AvgIpc) is 3.01. The number of furan rings is 1. The van der Waals surface area contributed by atoms with Crippen molar-refractivity contribution in [1.82, 2.24) is 15.2 Å². The number of pyridine rings is 1. The number of nitrogens with zero attached hydrogens (tertiary/aromatic N) is 2. The van der Waals surface area contributed by atoms with Crippen LogP contribution in [-0.4, -0.2) is 41.5 Å². The summed E-state index contributed by atoms with van der Waals surface area (Å²) in [5, 5.41) is 3.29. The molecule has 1 aliphatic heterocycles. The molecular formula is C16H21Cl2N3O2. The zero-order valence-electron chi connectivity index (χ0n) is 13.1. The molecule has 1 saturated heterocycles. The lowest BCUT2D eigenvalue weighted by Crippen LogP contribution is -2.52. The zero-order valence-corrected chi connectivity index (χ0v) is 14.7. The Balaban J connectivity index is 0.00000132. The number of nitrogens with one attached hydrogen (secondary N) is 1. The zero-order chi connectivity index (χ0) is 14.8. The summed E-state index contributed by atoms with van der Waals surface area (Å²) < 4.78 is 5.34. The first-order valence-electron chi connectivity index (χ1n) is 7.20. The second-order valence-electron chi connectivity index (χ2n) is 5.36. The number of aromatic nitrogens is 1. The van der Waals surface area contributed by atoms with Gasteiger partial charge in [0.15, 0.2) is 5.76 Å². The molecule has 0 spiro atoms. The van der Waals surface area contributed by atoms with Gasteiger partial charge in [0.25, 0.3) is 5.91 Å². The summed E-state index contributed by atoms with van der Waals surface area (Å²) in [7, 11) is 0. The monoisotopic (exact) mass is 357 g/mol. The van der Waals surface area contributed by atoms with E-state index in [1.165, 1.54) is 0 Å². The highest BCUT2D eigenvalue weighted by atomic mass is 35.5. The Morgan fingerprint density at radius 1 is 1.35 bits per heavy atom. The highest BCUT2D eigenvalue weighted by Crippen LogP contribution is 2.20. The molecule has 0 saturated carbocycles. The highest BCUT2D eigenvalue weighted by Gasteiger charge is 2.25. The van der Waals surface area contributed by atoms with Crippen LogP contribution in [0.1, 0.15) is 23.0 Å². The lowest BCUT2D eigenvalue weighted by molar-refractivity contribution is 0.0654. The van der Waals surface area contributed by atoms with E-state index >= 15 is 0 Å². The van der Waals surface area contributed by atoms with Gasteiger partial charge in [0.1, 0.15) is 5.69 Å². The SMILES string of the molecule is Cc1nc(-c2ccco2)ccc1C(=O)N1CCNC[C@H]1C.Cl.Cl. The largest absolute Gasteiger partial charge is 0.463 e. The first-order valence-corrected chi connectivity index (χ1v) is 7.20. The maximum Gasteiger partial charge on any atom is 0.256 e.